The minimum Gasteiger partial charge on any atom is -0.492 e. The van der Waals surface area contributed by atoms with Gasteiger partial charge < -0.3 is 18.7 Å². The molecule has 8 rings (SSSR count). The Morgan fingerprint density at radius 2 is 1.04 bits per heavy atom. The zero-order chi connectivity index (χ0) is 49.2. The quantitative estimate of drug-likeness (QED) is 0.104. The monoisotopic (exact) mass is 1080 g/mol. The molecule has 0 amide bonds. The van der Waals surface area contributed by atoms with E-state index in [1.165, 1.54) is 27.4 Å². The highest BCUT2D eigenvalue weighted by molar-refractivity contribution is 8.24. The van der Waals surface area contributed by atoms with E-state index in [9.17, 15) is 41.0 Å². The van der Waals surface area contributed by atoms with Crippen molar-refractivity contribution in [2.75, 3.05) is 26.5 Å². The van der Waals surface area contributed by atoms with E-state index in [0.29, 0.717) is 47.6 Å². The molecule has 1 N–H and O–H groups in total. The maximum Gasteiger partial charge on any atom is 0.412 e. The van der Waals surface area contributed by atoms with Crippen LogP contribution in [-0.4, -0.2) is 82.3 Å². The van der Waals surface area contributed by atoms with Gasteiger partial charge in [0.2, 0.25) is 18.3 Å². The van der Waals surface area contributed by atoms with Gasteiger partial charge in [0.15, 0.2) is 18.0 Å². The molecule has 27 heteroatoms. The van der Waals surface area contributed by atoms with Gasteiger partial charge in [-0.3, -0.25) is 9.59 Å². The zero-order valence-electron chi connectivity index (χ0n) is 36.0. The van der Waals surface area contributed by atoms with Crippen LogP contribution in [0, 0.1) is 13.8 Å². The highest BCUT2D eigenvalue weighted by Gasteiger charge is 2.34. The molecule has 364 valence electrons. The van der Waals surface area contributed by atoms with Gasteiger partial charge in [0.05, 0.1) is 11.4 Å². The van der Waals surface area contributed by atoms with Crippen molar-refractivity contribution in [3.05, 3.63) is 103 Å². The van der Waals surface area contributed by atoms with Crippen molar-refractivity contribution >= 4 is 70.2 Å². The Morgan fingerprint density at radius 1 is 0.657 bits per heavy atom. The molecule has 2 aromatic carbocycles. The zero-order valence-corrected chi connectivity index (χ0v) is 41.7. The molecule has 14 nitrogen and oxygen atoms in total. The predicted octanol–water partition coefficient (Wildman–Crippen LogP) is 10.9. The first-order valence-electron chi connectivity index (χ1n) is 20.2. The topological polar surface area (TPSA) is 137 Å². The first-order valence-corrected chi connectivity index (χ1v) is 28.1. The number of aryl methyl sites for hydroxylation is 2. The summed E-state index contributed by atoms with van der Waals surface area (Å²) in [5, 5.41) is 20.9. The second-order valence-corrected chi connectivity index (χ2v) is 26.6. The van der Waals surface area contributed by atoms with E-state index in [0.717, 1.165) is 48.2 Å². The van der Waals surface area contributed by atoms with Gasteiger partial charge in [0, 0.05) is 72.1 Å². The largest absolute Gasteiger partial charge is 0.492 e. The summed E-state index contributed by atoms with van der Waals surface area (Å²) >= 11 is 26.8. The fraction of sp³-hybridized carbons (Fsp3) is 0.400. The van der Waals surface area contributed by atoms with Crippen LogP contribution in [0.3, 0.4) is 0 Å². The van der Waals surface area contributed by atoms with E-state index in [1.807, 2.05) is 25.1 Å². The van der Waals surface area contributed by atoms with Crippen LogP contribution in [0.25, 0.3) is 33.9 Å². The van der Waals surface area contributed by atoms with Crippen LogP contribution >= 0.6 is 46.6 Å². The molecule has 0 bridgehead atoms. The molecule has 2 aliphatic heterocycles. The minimum absolute atomic E-state index is 0.0199. The minimum atomic E-state index is -4.55. The number of alkyl halides is 6. The van der Waals surface area contributed by atoms with Crippen LogP contribution in [0.15, 0.2) is 70.3 Å². The second kappa shape index (κ2) is 21.0. The Balaban J connectivity index is 0.000000190. The Morgan fingerprint density at radius 3 is 1.46 bits per heavy atom. The molecule has 4 aromatic heterocycles. The van der Waals surface area contributed by atoms with Crippen molar-refractivity contribution in [3.8, 4) is 45.6 Å². The first kappa shape index (κ1) is 52.5. The molecule has 0 fully saturated rings. The second-order valence-electron chi connectivity index (χ2n) is 15.4. The van der Waals surface area contributed by atoms with Gasteiger partial charge in [-0.1, -0.05) is 70.5 Å². The van der Waals surface area contributed by atoms with Crippen LogP contribution in [0.1, 0.15) is 37.1 Å². The molecule has 6 aromatic rings. The number of aromatic hydroxyl groups is 1. The van der Waals surface area contributed by atoms with Crippen LogP contribution < -0.4 is 15.6 Å². The fourth-order valence-electron chi connectivity index (χ4n) is 7.00. The summed E-state index contributed by atoms with van der Waals surface area (Å²) in [7, 11) is 0. The number of nitrogens with zero attached hydrogens (tertiary/aromatic N) is 8. The molecule has 0 radical (unpaired) electrons. The Kier molecular flexibility index (Phi) is 16.5. The van der Waals surface area contributed by atoms with Crippen LogP contribution in [0.2, 0.25) is 10.0 Å². The number of rotatable bonds is 10. The normalized spacial score (nSPS) is 15.5. The third-order valence-corrected chi connectivity index (χ3v) is 13.3. The van der Waals surface area contributed by atoms with Crippen molar-refractivity contribution in [3.63, 3.8) is 0 Å². The standard InChI is InChI=1S/C20H21ClF3N4O3PS.C17H17ClN4O2.C3H5ClF3OPS/c1-13-11-16(14-5-7-15(21)8-6-14)25-28(13)17-18(29)26-9-3-4-10-27(26)19(17)31-32(2,33)30-12-20(22,23)24;1-11-10-14(12-4-6-13(18)7-5-12)19-22(11)15-16(23)20-8-2-3-9-21(20)17(15)24;1-9(4,10)8-2-3(5,6)7/h5-8,11H,3-4,9-10,12H2,1-2H3;4-7,10,23H,2-3,8-9H2,1H3;2H2,1H3. The molecule has 6 heterocycles. The molecule has 0 saturated heterocycles. The SMILES string of the molecule is CP(=S)(Cl)OCC(F)(F)F.Cc1cc(-c2ccc(Cl)cc2)nn1-c1c(O)n2n(c1=O)CCCC2.Cc1cc(-c2ccc(Cl)cc2)nn1-c1c(OP(C)(=S)OCC(F)(F)F)n2n(c1=O)CCCC2. The summed E-state index contributed by atoms with van der Waals surface area (Å²) in [5.74, 6) is 0.0510. The van der Waals surface area contributed by atoms with Gasteiger partial charge in [-0.05, 0) is 87.7 Å². The van der Waals surface area contributed by atoms with Gasteiger partial charge in [0.1, 0.15) is 12.2 Å². The van der Waals surface area contributed by atoms with Gasteiger partial charge >= 0.3 is 12.4 Å². The molecule has 2 atom stereocenters. The number of halogens is 9. The molecule has 67 heavy (non-hydrogen) atoms. The predicted molar refractivity (Wildman–Crippen MR) is 253 cm³/mol. The van der Waals surface area contributed by atoms with Crippen LogP contribution in [0.5, 0.6) is 11.8 Å². The Labute approximate surface area is 404 Å². The smallest absolute Gasteiger partial charge is 0.412 e. The van der Waals surface area contributed by atoms with Gasteiger partial charge in [-0.15, -0.1) is 0 Å². The van der Waals surface area contributed by atoms with Crippen LogP contribution in [0.4, 0.5) is 26.3 Å². The van der Waals surface area contributed by atoms with E-state index in [2.05, 4.69) is 26.5 Å². The van der Waals surface area contributed by atoms with Crippen molar-refractivity contribution in [2.24, 2.45) is 0 Å². The molecule has 2 unspecified atom stereocenters. The average molecular weight is 1080 g/mol. The van der Waals surface area contributed by atoms with E-state index in [1.54, 1.807) is 63.4 Å². The maximum absolute atomic E-state index is 13.3. The van der Waals surface area contributed by atoms with Crippen LogP contribution in [-0.2, 0) is 58.8 Å². The molecular weight excluding hydrogens is 1030 g/mol. The Bertz CT molecular complexity index is 2940. The summed E-state index contributed by atoms with van der Waals surface area (Å²) < 4.78 is 96.5. The molecule has 0 saturated carbocycles. The third-order valence-electron chi connectivity index (χ3n) is 9.98. The summed E-state index contributed by atoms with van der Waals surface area (Å²) in [6.45, 7) is 2.15. The fourth-order valence-corrected chi connectivity index (χ4v) is 9.24. The molecule has 0 spiro atoms. The summed E-state index contributed by atoms with van der Waals surface area (Å²) in [6, 6.07) is 18.1. The number of fused-ring (bicyclic) bond motifs is 2. The lowest BCUT2D eigenvalue weighted by Crippen LogP contribution is -2.28. The number of hydrogen-bond donors (Lipinski definition) is 1. The van der Waals surface area contributed by atoms with Crippen molar-refractivity contribution in [2.45, 2.75) is 78.1 Å². The summed E-state index contributed by atoms with van der Waals surface area (Å²) in [6.07, 6.45) is -5.41. The first-order chi connectivity index (χ1) is 31.2. The number of aromatic nitrogens is 8. The molecular formula is C40H43Cl3F6N8O6P2S2. The number of benzene rings is 2. The lowest BCUT2D eigenvalue weighted by Gasteiger charge is -2.23. The highest BCUT2D eigenvalue weighted by atomic mass is 35.7. The van der Waals surface area contributed by atoms with Gasteiger partial charge in [-0.2, -0.15) is 36.5 Å². The third kappa shape index (κ3) is 13.5. The van der Waals surface area contributed by atoms with Crippen molar-refractivity contribution < 1.29 is 45.0 Å². The Hall–Kier alpha value is -3.85. The number of hydrogen-bond acceptors (Lipinski definition) is 10. The summed E-state index contributed by atoms with van der Waals surface area (Å²) in [4.78, 5) is 26.0. The summed E-state index contributed by atoms with van der Waals surface area (Å²) in [5.41, 5.74) is 1.55. The van der Waals surface area contributed by atoms with Crippen molar-refractivity contribution in [1.82, 2.24) is 38.3 Å². The van der Waals surface area contributed by atoms with E-state index in [4.69, 9.17) is 55.3 Å². The molecule has 2 aliphatic rings. The lowest BCUT2D eigenvalue weighted by atomic mass is 10.1. The highest BCUT2D eigenvalue weighted by Crippen LogP contribution is 2.50. The van der Waals surface area contributed by atoms with Gasteiger partial charge in [0.25, 0.3) is 11.1 Å². The van der Waals surface area contributed by atoms with E-state index < -0.39 is 37.7 Å². The molecule has 0 aliphatic carbocycles. The van der Waals surface area contributed by atoms with Gasteiger partial charge in [-0.25, -0.2) is 28.1 Å². The lowest BCUT2D eigenvalue weighted by molar-refractivity contribution is -0.153. The van der Waals surface area contributed by atoms with E-state index in [-0.39, 0.29) is 34.3 Å². The van der Waals surface area contributed by atoms with Crippen molar-refractivity contribution in [1.29, 1.82) is 0 Å². The average Bonchev–Trinajstić information content (AvgIpc) is 3.97. The van der Waals surface area contributed by atoms with E-state index >= 15 is 0 Å². The maximum atomic E-state index is 13.3.